The Morgan fingerprint density at radius 3 is 2.58 bits per heavy atom. The van der Waals surface area contributed by atoms with E-state index >= 15 is 0 Å². The fraction of sp³-hybridized carbons (Fsp3) is 0.733. The second-order valence-electron chi connectivity index (χ2n) is 6.92. The highest BCUT2D eigenvalue weighted by Gasteiger charge is 2.66. The highest BCUT2D eigenvalue weighted by atomic mass is 16.4. The Hall–Kier alpha value is -1.32. The van der Waals surface area contributed by atoms with Gasteiger partial charge in [0, 0.05) is 5.57 Å². The fourth-order valence-electron chi connectivity index (χ4n) is 5.11. The zero-order valence-electron chi connectivity index (χ0n) is 11.3. The van der Waals surface area contributed by atoms with E-state index < -0.39 is 17.4 Å². The first-order valence-electron chi connectivity index (χ1n) is 6.99. The van der Waals surface area contributed by atoms with E-state index in [0.717, 1.165) is 12.8 Å². The van der Waals surface area contributed by atoms with Crippen molar-refractivity contribution in [2.45, 2.75) is 39.5 Å². The van der Waals surface area contributed by atoms with Crippen LogP contribution >= 0.6 is 0 Å². The van der Waals surface area contributed by atoms with Gasteiger partial charge in [0.25, 0.3) is 0 Å². The quantitative estimate of drug-likeness (QED) is 0.803. The van der Waals surface area contributed by atoms with E-state index in [4.69, 9.17) is 0 Å². The summed E-state index contributed by atoms with van der Waals surface area (Å²) in [7, 11) is 0. The molecule has 19 heavy (non-hydrogen) atoms. The Morgan fingerprint density at radius 2 is 2.00 bits per heavy atom. The van der Waals surface area contributed by atoms with Crippen molar-refractivity contribution >= 4 is 11.9 Å². The summed E-state index contributed by atoms with van der Waals surface area (Å²) < 4.78 is 0. The van der Waals surface area contributed by atoms with Crippen LogP contribution in [0.15, 0.2) is 11.6 Å². The number of carbonyl (C=O) groups is 2. The maximum absolute atomic E-state index is 11.6. The second-order valence-corrected chi connectivity index (χ2v) is 6.92. The predicted octanol–water partition coefficient (Wildman–Crippen LogP) is 2.54. The SMILES string of the molecule is C[C@@H]1CC[C@@H]2C=C(C(=O)O)[C@H]3C[C@](C)(C(=O)O)C[C@]132. The van der Waals surface area contributed by atoms with Gasteiger partial charge in [-0.05, 0) is 55.8 Å². The molecule has 3 aliphatic carbocycles. The Morgan fingerprint density at radius 1 is 1.32 bits per heavy atom. The molecule has 2 N–H and O–H groups in total. The third-order valence-corrected chi connectivity index (χ3v) is 6.04. The maximum Gasteiger partial charge on any atom is 0.331 e. The van der Waals surface area contributed by atoms with E-state index in [1.165, 1.54) is 0 Å². The zero-order chi connectivity index (χ0) is 14.0. The molecule has 0 amide bonds. The number of hydrogen-bond donors (Lipinski definition) is 2. The van der Waals surface area contributed by atoms with E-state index in [9.17, 15) is 19.8 Å². The lowest BCUT2D eigenvalue weighted by Crippen LogP contribution is -2.33. The molecule has 2 fully saturated rings. The van der Waals surface area contributed by atoms with Crippen molar-refractivity contribution < 1.29 is 19.8 Å². The Kier molecular flexibility index (Phi) is 2.42. The minimum Gasteiger partial charge on any atom is -0.481 e. The van der Waals surface area contributed by atoms with Crippen molar-refractivity contribution in [2.24, 2.45) is 28.6 Å². The summed E-state index contributed by atoms with van der Waals surface area (Å²) in [4.78, 5) is 23.0. The zero-order valence-corrected chi connectivity index (χ0v) is 11.3. The van der Waals surface area contributed by atoms with Crippen LogP contribution < -0.4 is 0 Å². The van der Waals surface area contributed by atoms with Crippen LogP contribution in [0.3, 0.4) is 0 Å². The lowest BCUT2D eigenvalue weighted by Gasteiger charge is -2.36. The van der Waals surface area contributed by atoms with Gasteiger partial charge in [0.1, 0.15) is 0 Å². The first kappa shape index (κ1) is 12.7. The molecule has 4 nitrogen and oxygen atoms in total. The van der Waals surface area contributed by atoms with Gasteiger partial charge in [-0.3, -0.25) is 4.79 Å². The molecule has 5 atom stereocenters. The van der Waals surface area contributed by atoms with Gasteiger partial charge in [0.15, 0.2) is 0 Å². The van der Waals surface area contributed by atoms with Gasteiger partial charge < -0.3 is 10.2 Å². The smallest absolute Gasteiger partial charge is 0.331 e. The van der Waals surface area contributed by atoms with Crippen LogP contribution in [0.4, 0.5) is 0 Å². The number of allylic oxidation sites excluding steroid dienone is 1. The first-order valence-corrected chi connectivity index (χ1v) is 6.99. The van der Waals surface area contributed by atoms with Crippen LogP contribution in [-0.4, -0.2) is 22.2 Å². The maximum atomic E-state index is 11.6. The summed E-state index contributed by atoms with van der Waals surface area (Å²) in [6, 6.07) is 0. The first-order chi connectivity index (χ1) is 8.81. The summed E-state index contributed by atoms with van der Waals surface area (Å²) in [5.41, 5.74) is -0.404. The molecule has 1 spiro atoms. The fourth-order valence-corrected chi connectivity index (χ4v) is 5.11. The lowest BCUT2D eigenvalue weighted by molar-refractivity contribution is -0.148. The van der Waals surface area contributed by atoms with Crippen LogP contribution in [0.25, 0.3) is 0 Å². The highest BCUT2D eigenvalue weighted by molar-refractivity contribution is 5.89. The van der Waals surface area contributed by atoms with Gasteiger partial charge in [0.05, 0.1) is 5.41 Å². The van der Waals surface area contributed by atoms with Gasteiger partial charge >= 0.3 is 11.9 Å². The largest absolute Gasteiger partial charge is 0.481 e. The number of aliphatic carboxylic acids is 2. The van der Waals surface area contributed by atoms with Crippen molar-refractivity contribution in [2.75, 3.05) is 0 Å². The van der Waals surface area contributed by atoms with E-state index in [2.05, 4.69) is 6.92 Å². The molecule has 3 aliphatic rings. The predicted molar refractivity (Wildman–Crippen MR) is 68.5 cm³/mol. The minimum atomic E-state index is -0.861. The molecule has 0 aliphatic heterocycles. The van der Waals surface area contributed by atoms with Crippen LogP contribution in [0.5, 0.6) is 0 Å². The number of rotatable bonds is 2. The average molecular weight is 264 g/mol. The lowest BCUT2D eigenvalue weighted by atomic mass is 9.67. The molecule has 3 rings (SSSR count). The van der Waals surface area contributed by atoms with Gasteiger partial charge in [-0.1, -0.05) is 13.0 Å². The van der Waals surface area contributed by atoms with E-state index in [1.54, 1.807) is 6.92 Å². The van der Waals surface area contributed by atoms with Crippen molar-refractivity contribution in [1.29, 1.82) is 0 Å². The normalized spacial score (nSPS) is 47.7. The van der Waals surface area contributed by atoms with Crippen LogP contribution in [-0.2, 0) is 9.59 Å². The Labute approximate surface area is 112 Å². The number of hydrogen-bond acceptors (Lipinski definition) is 2. The molecular weight excluding hydrogens is 244 g/mol. The van der Waals surface area contributed by atoms with Crippen LogP contribution in [0.1, 0.15) is 39.5 Å². The second kappa shape index (κ2) is 3.62. The van der Waals surface area contributed by atoms with Crippen LogP contribution in [0, 0.1) is 28.6 Å². The van der Waals surface area contributed by atoms with Crippen molar-refractivity contribution in [1.82, 2.24) is 0 Å². The molecule has 0 heterocycles. The van der Waals surface area contributed by atoms with E-state index in [1.807, 2.05) is 6.08 Å². The number of carboxylic acids is 2. The van der Waals surface area contributed by atoms with Crippen molar-refractivity contribution in [3.63, 3.8) is 0 Å². The third kappa shape index (κ3) is 1.40. The molecule has 0 aromatic heterocycles. The summed E-state index contributed by atoms with van der Waals surface area (Å²) in [5, 5.41) is 18.9. The van der Waals surface area contributed by atoms with Gasteiger partial charge in [-0.25, -0.2) is 4.79 Å². The number of carboxylic acid groups (broad SMARTS) is 2. The van der Waals surface area contributed by atoms with Crippen molar-refractivity contribution in [3.8, 4) is 0 Å². The summed E-state index contributed by atoms with van der Waals surface area (Å²) >= 11 is 0. The van der Waals surface area contributed by atoms with Crippen molar-refractivity contribution in [3.05, 3.63) is 11.6 Å². The molecule has 0 unspecified atom stereocenters. The molecule has 0 aromatic carbocycles. The van der Waals surface area contributed by atoms with Gasteiger partial charge in [-0.2, -0.15) is 0 Å². The summed E-state index contributed by atoms with van der Waals surface area (Å²) in [6.07, 6.45) is 5.11. The molecule has 104 valence electrons. The minimum absolute atomic E-state index is 0.0754. The Bertz CT molecular complexity index is 494. The van der Waals surface area contributed by atoms with Gasteiger partial charge in [0.2, 0.25) is 0 Å². The third-order valence-electron chi connectivity index (χ3n) is 6.04. The molecule has 4 heteroatoms. The molecule has 0 saturated heterocycles. The van der Waals surface area contributed by atoms with Crippen LogP contribution in [0.2, 0.25) is 0 Å². The average Bonchev–Trinajstić information content (AvgIpc) is 2.87. The standard InChI is InChI=1S/C15H20O4/c1-8-3-4-9-5-10(12(16)17)11-6-14(2,13(18)19)7-15(8,9)11/h5,8-9,11H,3-4,6-7H2,1-2H3,(H,16,17)(H,18,19)/t8-,9-,11-,14+,15-/m1/s1. The topological polar surface area (TPSA) is 74.6 Å². The molecule has 0 bridgehead atoms. The van der Waals surface area contributed by atoms with E-state index in [0.29, 0.717) is 24.3 Å². The highest BCUT2D eigenvalue weighted by Crippen LogP contribution is 2.70. The summed E-state index contributed by atoms with van der Waals surface area (Å²) in [6.45, 7) is 3.95. The monoisotopic (exact) mass is 264 g/mol. The molecular formula is C15H20O4. The summed E-state index contributed by atoms with van der Waals surface area (Å²) in [5.74, 6) is -1.04. The Balaban J connectivity index is 2.07. The van der Waals surface area contributed by atoms with Gasteiger partial charge in [-0.15, -0.1) is 0 Å². The molecule has 0 aromatic rings. The molecule has 2 saturated carbocycles. The molecule has 0 radical (unpaired) electrons. The van der Waals surface area contributed by atoms with E-state index in [-0.39, 0.29) is 17.3 Å².